The maximum Gasteiger partial charge on any atom is 0.419 e. The zero-order valence-electron chi connectivity index (χ0n) is 20.4. The smallest absolute Gasteiger partial charge is 0.394 e. The van der Waals surface area contributed by atoms with Crippen molar-refractivity contribution in [3.05, 3.63) is 47.9 Å². The number of hydrogen-bond acceptors (Lipinski definition) is 8. The summed E-state index contributed by atoms with van der Waals surface area (Å²) in [4.78, 5) is 34.1. The molecule has 2 atom stereocenters. The first-order valence-corrected chi connectivity index (χ1v) is 11.4. The number of piperidine rings is 1. The van der Waals surface area contributed by atoms with E-state index in [0.29, 0.717) is 12.4 Å². The van der Waals surface area contributed by atoms with E-state index in [-0.39, 0.29) is 35.6 Å². The minimum atomic E-state index is -4.60. The third-order valence-electron chi connectivity index (χ3n) is 5.62. The topological polar surface area (TPSA) is 122 Å². The molecule has 37 heavy (non-hydrogen) atoms. The number of aromatic nitrogens is 4. The van der Waals surface area contributed by atoms with Crippen LogP contribution < -0.4 is 11.1 Å². The van der Waals surface area contributed by atoms with Crippen molar-refractivity contribution >= 4 is 23.6 Å². The number of nitrogens with two attached hydrogens (primary N) is 1. The van der Waals surface area contributed by atoms with Crippen LogP contribution in [-0.4, -0.2) is 68.1 Å². The van der Waals surface area contributed by atoms with Crippen LogP contribution in [0.2, 0.25) is 0 Å². The molecule has 200 valence electrons. The molecule has 0 bridgehead atoms. The Morgan fingerprint density at radius 3 is 2.43 bits per heavy atom. The Morgan fingerprint density at radius 1 is 1.24 bits per heavy atom. The molecule has 0 aromatic carbocycles. The third-order valence-corrected chi connectivity index (χ3v) is 5.62. The molecule has 1 amide bonds. The Bertz CT molecular complexity index is 1140. The fourth-order valence-electron chi connectivity index (χ4n) is 3.82. The summed E-state index contributed by atoms with van der Waals surface area (Å²) in [6.07, 6.45) is 0.337. The monoisotopic (exact) mass is 526 g/mol. The largest absolute Gasteiger partial charge is 0.419 e. The van der Waals surface area contributed by atoms with Gasteiger partial charge in [-0.1, -0.05) is 6.92 Å². The standard InChI is InChI=1S/C23H27F5N8O/c1-13(2)32-10-16(19-30-5-4-6-31-19)18(29)20(37)36-12-22(24,25)7-14(3)17(36)11-35-21-33-8-15(9-34-21)23(26,27)28/h4-6,8-10,13-14,17H,7,11-12,29H2,1-3H3,(H,33,34,35)/t14-,17?/m1/s1. The predicted octanol–water partition coefficient (Wildman–Crippen LogP) is 3.42. The summed E-state index contributed by atoms with van der Waals surface area (Å²) in [6, 6.07) is 0.620. The number of amides is 1. The van der Waals surface area contributed by atoms with Crippen LogP contribution in [0.25, 0.3) is 5.57 Å². The third kappa shape index (κ3) is 7.17. The van der Waals surface area contributed by atoms with E-state index in [0.717, 1.165) is 4.90 Å². The first kappa shape index (κ1) is 27.9. The molecule has 3 rings (SSSR count). The molecule has 1 aliphatic rings. The second kappa shape index (κ2) is 11.1. The lowest BCUT2D eigenvalue weighted by molar-refractivity contribution is -0.148. The molecule has 2 aromatic rings. The highest BCUT2D eigenvalue weighted by atomic mass is 19.4. The van der Waals surface area contributed by atoms with Crippen molar-refractivity contribution in [2.45, 2.75) is 51.4 Å². The molecule has 0 saturated carbocycles. The first-order chi connectivity index (χ1) is 17.3. The van der Waals surface area contributed by atoms with Gasteiger partial charge in [0.15, 0.2) is 5.82 Å². The number of rotatable bonds is 7. The number of aliphatic imine (C=N–C) groups is 1. The number of nitrogens with one attached hydrogen (secondary N) is 1. The van der Waals surface area contributed by atoms with Crippen LogP contribution in [0.5, 0.6) is 0 Å². The van der Waals surface area contributed by atoms with E-state index in [2.05, 4.69) is 30.2 Å². The van der Waals surface area contributed by atoms with Crippen LogP contribution >= 0.6 is 0 Å². The normalized spacial score (nSPS) is 20.7. The van der Waals surface area contributed by atoms with Gasteiger partial charge in [0, 0.05) is 50.0 Å². The number of nitrogens with zero attached hydrogens (tertiary/aromatic N) is 6. The SMILES string of the molecule is CC(C)N=CC(=C(N)C(=O)N1CC(F)(F)C[C@@H](C)C1CNc1ncc(C(F)(F)F)cn1)c1ncccn1. The average Bonchev–Trinajstić information content (AvgIpc) is 2.82. The van der Waals surface area contributed by atoms with Crippen LogP contribution in [0, 0.1) is 5.92 Å². The van der Waals surface area contributed by atoms with Gasteiger partial charge in [0.1, 0.15) is 5.70 Å². The van der Waals surface area contributed by atoms with E-state index < -0.39 is 48.5 Å². The number of alkyl halides is 5. The molecule has 1 aliphatic heterocycles. The Morgan fingerprint density at radius 2 is 1.86 bits per heavy atom. The molecular formula is C23H27F5N8O. The molecule has 1 fully saturated rings. The predicted molar refractivity (Wildman–Crippen MR) is 127 cm³/mol. The zero-order valence-corrected chi connectivity index (χ0v) is 20.4. The molecule has 3 heterocycles. The Kier molecular flexibility index (Phi) is 8.39. The maximum atomic E-state index is 14.5. The number of hydrogen-bond donors (Lipinski definition) is 2. The maximum absolute atomic E-state index is 14.5. The fraction of sp³-hybridized carbons (Fsp3) is 0.478. The van der Waals surface area contributed by atoms with Gasteiger partial charge in [0.2, 0.25) is 5.95 Å². The van der Waals surface area contributed by atoms with Gasteiger partial charge in [-0.05, 0) is 25.8 Å². The minimum Gasteiger partial charge on any atom is -0.394 e. The molecule has 3 N–H and O–H groups in total. The Labute approximate surface area is 210 Å². The Hall–Kier alpha value is -3.71. The highest BCUT2D eigenvalue weighted by Crippen LogP contribution is 2.35. The molecule has 0 radical (unpaired) electrons. The van der Waals surface area contributed by atoms with Crippen molar-refractivity contribution in [3.63, 3.8) is 0 Å². The molecule has 14 heteroatoms. The van der Waals surface area contributed by atoms with Gasteiger partial charge in [0.25, 0.3) is 11.8 Å². The summed E-state index contributed by atoms with van der Waals surface area (Å²) in [5, 5.41) is 2.74. The van der Waals surface area contributed by atoms with Crippen LogP contribution in [-0.2, 0) is 11.0 Å². The fourth-order valence-corrected chi connectivity index (χ4v) is 3.82. The number of carbonyl (C=O) groups is 1. The highest BCUT2D eigenvalue weighted by molar-refractivity contribution is 6.17. The average molecular weight is 527 g/mol. The molecule has 0 spiro atoms. The molecule has 1 saturated heterocycles. The lowest BCUT2D eigenvalue weighted by Crippen LogP contribution is -2.58. The quantitative estimate of drug-likeness (QED) is 0.322. The van der Waals surface area contributed by atoms with E-state index in [1.165, 1.54) is 18.6 Å². The van der Waals surface area contributed by atoms with E-state index in [1.54, 1.807) is 26.8 Å². The van der Waals surface area contributed by atoms with E-state index >= 15 is 0 Å². The number of halogens is 5. The zero-order chi connectivity index (χ0) is 27.4. The number of carbonyl (C=O) groups excluding carboxylic acids is 1. The highest BCUT2D eigenvalue weighted by Gasteiger charge is 2.46. The molecular weight excluding hydrogens is 499 g/mol. The first-order valence-electron chi connectivity index (χ1n) is 11.4. The van der Waals surface area contributed by atoms with E-state index in [1.807, 2.05) is 0 Å². The number of likely N-dealkylation sites (tertiary alicyclic amines) is 1. The minimum absolute atomic E-state index is 0.0821. The summed E-state index contributed by atoms with van der Waals surface area (Å²) < 4.78 is 67.4. The van der Waals surface area contributed by atoms with Crippen molar-refractivity contribution in [2.24, 2.45) is 16.6 Å². The molecule has 9 nitrogen and oxygen atoms in total. The van der Waals surface area contributed by atoms with Crippen LogP contribution in [0.1, 0.15) is 38.6 Å². The molecule has 2 aromatic heterocycles. The van der Waals surface area contributed by atoms with Gasteiger partial charge in [0.05, 0.1) is 23.7 Å². The van der Waals surface area contributed by atoms with E-state index in [4.69, 9.17) is 5.73 Å². The number of anilines is 1. The van der Waals surface area contributed by atoms with Crippen molar-refractivity contribution < 1.29 is 26.7 Å². The van der Waals surface area contributed by atoms with Crippen LogP contribution in [0.3, 0.4) is 0 Å². The van der Waals surface area contributed by atoms with Crippen molar-refractivity contribution in [2.75, 3.05) is 18.4 Å². The van der Waals surface area contributed by atoms with Gasteiger partial charge >= 0.3 is 6.18 Å². The number of allylic oxidation sites excluding steroid dienone is 1. The van der Waals surface area contributed by atoms with Crippen molar-refractivity contribution in [3.8, 4) is 0 Å². The van der Waals surface area contributed by atoms with Gasteiger partial charge in [-0.15, -0.1) is 0 Å². The summed E-state index contributed by atoms with van der Waals surface area (Å²) in [6.45, 7) is 4.15. The second-order valence-electron chi connectivity index (χ2n) is 8.98. The molecule has 1 unspecified atom stereocenters. The van der Waals surface area contributed by atoms with Crippen molar-refractivity contribution in [1.29, 1.82) is 0 Å². The summed E-state index contributed by atoms with van der Waals surface area (Å²) >= 11 is 0. The summed E-state index contributed by atoms with van der Waals surface area (Å²) in [5.74, 6) is -4.78. The van der Waals surface area contributed by atoms with E-state index in [9.17, 15) is 26.7 Å². The van der Waals surface area contributed by atoms with Gasteiger partial charge in [-0.3, -0.25) is 9.79 Å². The van der Waals surface area contributed by atoms with Crippen molar-refractivity contribution in [1.82, 2.24) is 24.8 Å². The lowest BCUT2D eigenvalue weighted by Gasteiger charge is -2.43. The molecule has 0 aliphatic carbocycles. The van der Waals surface area contributed by atoms with Gasteiger partial charge in [-0.2, -0.15) is 13.2 Å². The summed E-state index contributed by atoms with van der Waals surface area (Å²) in [7, 11) is 0. The summed E-state index contributed by atoms with van der Waals surface area (Å²) in [5.41, 5.74) is 4.88. The second-order valence-corrected chi connectivity index (χ2v) is 8.98. The van der Waals surface area contributed by atoms with Gasteiger partial charge in [-0.25, -0.2) is 28.7 Å². The van der Waals surface area contributed by atoms with Gasteiger partial charge < -0.3 is 16.0 Å². The lowest BCUT2D eigenvalue weighted by atomic mass is 9.88. The van der Waals surface area contributed by atoms with Crippen LogP contribution in [0.4, 0.5) is 27.9 Å². The Balaban J connectivity index is 1.91. The van der Waals surface area contributed by atoms with Crippen LogP contribution in [0.15, 0.2) is 41.5 Å².